The lowest BCUT2D eigenvalue weighted by molar-refractivity contribution is 0.0679. The minimum absolute atomic E-state index is 0.0149. The second kappa shape index (κ2) is 3.42. The quantitative estimate of drug-likeness (QED) is 0.711. The molecule has 0 saturated carbocycles. The molecule has 0 aliphatic carbocycles. The van der Waals surface area contributed by atoms with Crippen molar-refractivity contribution in [3.05, 3.63) is 30.0 Å². The highest BCUT2D eigenvalue weighted by molar-refractivity contribution is 6.01. The number of fused-ring (bicyclic) bond motifs is 1. The van der Waals surface area contributed by atoms with Gasteiger partial charge >= 0.3 is 6.43 Å². The van der Waals surface area contributed by atoms with Gasteiger partial charge in [0.05, 0.1) is 11.7 Å². The number of halogens is 2. The zero-order valence-electron chi connectivity index (χ0n) is 7.95. The summed E-state index contributed by atoms with van der Waals surface area (Å²) in [6, 6.07) is 4.42. The summed E-state index contributed by atoms with van der Waals surface area (Å²) in [6.07, 6.45) is -1.35. The molecule has 15 heavy (non-hydrogen) atoms. The summed E-state index contributed by atoms with van der Waals surface area (Å²) >= 11 is 0. The molecule has 78 valence electrons. The van der Waals surface area contributed by atoms with E-state index < -0.39 is 12.2 Å². The van der Waals surface area contributed by atoms with E-state index in [0.717, 1.165) is 5.39 Å². The Bertz CT molecular complexity index is 519. The number of carbonyl (C=O) groups excluding carboxylic acids is 1. The molecule has 1 aromatic heterocycles. The van der Waals surface area contributed by atoms with Crippen LogP contribution in [0.4, 0.5) is 8.78 Å². The number of benzene rings is 1. The Kier molecular flexibility index (Phi) is 2.22. The van der Waals surface area contributed by atoms with Crippen molar-refractivity contribution >= 4 is 16.7 Å². The van der Waals surface area contributed by atoms with Crippen LogP contribution in [0, 0.1) is 0 Å². The third-order valence-corrected chi connectivity index (χ3v) is 2.23. The summed E-state index contributed by atoms with van der Waals surface area (Å²) < 4.78 is 25.9. The van der Waals surface area contributed by atoms with E-state index in [1.807, 2.05) is 0 Å². The monoisotopic (exact) mass is 210 g/mol. The van der Waals surface area contributed by atoms with Gasteiger partial charge in [0.15, 0.2) is 0 Å². The van der Waals surface area contributed by atoms with E-state index in [2.05, 4.69) is 5.10 Å². The standard InChI is InChI=1S/C10H8F2N2O/c1-14-8-4-6(9(15)10(11)12)2-3-7(8)5-13-14/h2-5,10H,1H3. The predicted octanol–water partition coefficient (Wildman–Crippen LogP) is 2.02. The molecule has 0 atom stereocenters. The van der Waals surface area contributed by atoms with Gasteiger partial charge in [0.2, 0.25) is 5.78 Å². The number of nitrogens with zero attached hydrogens (tertiary/aromatic N) is 2. The van der Waals surface area contributed by atoms with Crippen LogP contribution in [0.2, 0.25) is 0 Å². The lowest BCUT2D eigenvalue weighted by Crippen LogP contribution is -2.10. The molecule has 0 unspecified atom stereocenters. The first-order valence-electron chi connectivity index (χ1n) is 4.33. The van der Waals surface area contributed by atoms with Gasteiger partial charge in [-0.15, -0.1) is 0 Å². The Balaban J connectivity index is 2.55. The van der Waals surface area contributed by atoms with Crippen LogP contribution in [0.1, 0.15) is 10.4 Å². The summed E-state index contributed by atoms with van der Waals surface area (Å²) in [5.74, 6) is -1.15. The minimum atomic E-state index is -2.96. The SMILES string of the molecule is Cn1ncc2ccc(C(=O)C(F)F)cc21. The summed E-state index contributed by atoms with van der Waals surface area (Å²) in [6.45, 7) is 0. The second-order valence-electron chi connectivity index (χ2n) is 3.21. The van der Waals surface area contributed by atoms with Gasteiger partial charge in [-0.1, -0.05) is 12.1 Å². The molecular formula is C10H8F2N2O. The molecule has 1 aromatic carbocycles. The van der Waals surface area contributed by atoms with Crippen LogP contribution in [0.15, 0.2) is 24.4 Å². The Hall–Kier alpha value is -1.78. The van der Waals surface area contributed by atoms with Crippen molar-refractivity contribution in [2.45, 2.75) is 6.43 Å². The molecule has 3 nitrogen and oxygen atoms in total. The number of Topliss-reactive ketones (excluding diaryl/α,β-unsaturated/α-hetero) is 1. The highest BCUT2D eigenvalue weighted by Crippen LogP contribution is 2.16. The Morgan fingerprint density at radius 1 is 1.47 bits per heavy atom. The van der Waals surface area contributed by atoms with Crippen LogP contribution in [0.25, 0.3) is 10.9 Å². The maximum Gasteiger partial charge on any atom is 0.300 e. The third kappa shape index (κ3) is 1.60. The van der Waals surface area contributed by atoms with E-state index in [-0.39, 0.29) is 5.56 Å². The molecule has 2 aromatic rings. The number of hydrogen-bond donors (Lipinski definition) is 0. The van der Waals surface area contributed by atoms with Gasteiger partial charge in [0.25, 0.3) is 0 Å². The summed E-state index contributed by atoms with van der Waals surface area (Å²) in [7, 11) is 1.69. The van der Waals surface area contributed by atoms with Gasteiger partial charge in [-0.3, -0.25) is 9.48 Å². The molecule has 0 saturated heterocycles. The van der Waals surface area contributed by atoms with Crippen LogP contribution in [-0.2, 0) is 7.05 Å². The summed E-state index contributed by atoms with van der Waals surface area (Å²) in [4.78, 5) is 11.0. The number of aromatic nitrogens is 2. The highest BCUT2D eigenvalue weighted by Gasteiger charge is 2.18. The largest absolute Gasteiger partial charge is 0.300 e. The van der Waals surface area contributed by atoms with Crippen LogP contribution < -0.4 is 0 Å². The lowest BCUT2D eigenvalue weighted by Gasteiger charge is -2.00. The molecule has 0 amide bonds. The molecule has 5 heteroatoms. The molecule has 0 aliphatic rings. The minimum Gasteiger partial charge on any atom is -0.288 e. The normalized spacial score (nSPS) is 11.2. The van der Waals surface area contributed by atoms with Crippen molar-refractivity contribution < 1.29 is 13.6 Å². The average molecular weight is 210 g/mol. The van der Waals surface area contributed by atoms with E-state index >= 15 is 0 Å². The van der Waals surface area contributed by atoms with Crippen molar-refractivity contribution in [3.63, 3.8) is 0 Å². The van der Waals surface area contributed by atoms with Gasteiger partial charge in [0, 0.05) is 18.0 Å². The summed E-state index contributed by atoms with van der Waals surface area (Å²) in [5, 5.41) is 4.78. The smallest absolute Gasteiger partial charge is 0.288 e. The van der Waals surface area contributed by atoms with Gasteiger partial charge < -0.3 is 0 Å². The Morgan fingerprint density at radius 3 is 2.87 bits per heavy atom. The Labute approximate surface area is 84.3 Å². The van der Waals surface area contributed by atoms with Crippen LogP contribution >= 0.6 is 0 Å². The van der Waals surface area contributed by atoms with Crippen LogP contribution in [0.3, 0.4) is 0 Å². The number of carbonyl (C=O) groups is 1. The molecule has 0 N–H and O–H groups in total. The summed E-state index contributed by atoms with van der Waals surface area (Å²) in [5.41, 5.74) is 0.683. The number of alkyl halides is 2. The van der Waals surface area contributed by atoms with Crippen molar-refractivity contribution in [1.29, 1.82) is 0 Å². The first kappa shape index (κ1) is 9.76. The van der Waals surface area contributed by atoms with E-state index in [1.165, 1.54) is 16.8 Å². The Morgan fingerprint density at radius 2 is 2.20 bits per heavy atom. The third-order valence-electron chi connectivity index (χ3n) is 2.23. The van der Waals surface area contributed by atoms with E-state index in [4.69, 9.17) is 0 Å². The first-order chi connectivity index (χ1) is 7.09. The number of rotatable bonds is 2. The van der Waals surface area contributed by atoms with Gasteiger partial charge in [-0.05, 0) is 6.07 Å². The maximum absolute atomic E-state index is 12.2. The number of aryl methyl sites for hydroxylation is 1. The van der Waals surface area contributed by atoms with E-state index in [1.54, 1.807) is 19.3 Å². The zero-order valence-corrected chi connectivity index (χ0v) is 7.95. The topological polar surface area (TPSA) is 34.9 Å². The fourth-order valence-electron chi connectivity index (χ4n) is 1.42. The van der Waals surface area contributed by atoms with Crippen molar-refractivity contribution in [3.8, 4) is 0 Å². The lowest BCUT2D eigenvalue weighted by atomic mass is 10.1. The van der Waals surface area contributed by atoms with Crippen molar-refractivity contribution in [2.24, 2.45) is 7.05 Å². The maximum atomic E-state index is 12.2. The van der Waals surface area contributed by atoms with Gasteiger partial charge in [-0.25, -0.2) is 8.78 Å². The van der Waals surface area contributed by atoms with E-state index in [9.17, 15) is 13.6 Å². The van der Waals surface area contributed by atoms with Crippen LogP contribution in [-0.4, -0.2) is 22.0 Å². The molecule has 0 fully saturated rings. The predicted molar refractivity (Wildman–Crippen MR) is 51.0 cm³/mol. The van der Waals surface area contributed by atoms with Crippen molar-refractivity contribution in [2.75, 3.05) is 0 Å². The fourth-order valence-corrected chi connectivity index (χ4v) is 1.42. The zero-order chi connectivity index (χ0) is 11.0. The molecular weight excluding hydrogens is 202 g/mol. The molecule has 0 radical (unpaired) electrons. The van der Waals surface area contributed by atoms with Gasteiger partial charge in [-0.2, -0.15) is 5.10 Å². The molecule has 2 rings (SSSR count). The number of ketones is 1. The molecule has 0 aliphatic heterocycles. The molecule has 1 heterocycles. The highest BCUT2D eigenvalue weighted by atomic mass is 19.3. The fraction of sp³-hybridized carbons (Fsp3) is 0.200. The molecule has 0 spiro atoms. The van der Waals surface area contributed by atoms with E-state index in [0.29, 0.717) is 5.52 Å². The number of hydrogen-bond acceptors (Lipinski definition) is 2. The van der Waals surface area contributed by atoms with Crippen molar-refractivity contribution in [1.82, 2.24) is 9.78 Å². The average Bonchev–Trinajstić information content (AvgIpc) is 2.59. The first-order valence-corrected chi connectivity index (χ1v) is 4.33. The van der Waals surface area contributed by atoms with Crippen LogP contribution in [0.5, 0.6) is 0 Å². The second-order valence-corrected chi connectivity index (χ2v) is 3.21. The van der Waals surface area contributed by atoms with Gasteiger partial charge in [0.1, 0.15) is 0 Å². The molecule has 0 bridgehead atoms.